The molecule has 2 aromatic carbocycles. The normalized spacial score (nSPS) is 9.70. The number of nitrogens with one attached hydrogen (secondary N) is 1. The third-order valence-corrected chi connectivity index (χ3v) is 3.14. The minimum absolute atomic E-state index is 0.0396. The Balaban J connectivity index is 1.81. The summed E-state index contributed by atoms with van der Waals surface area (Å²) in [4.78, 5) is 11.4. The fourth-order valence-corrected chi connectivity index (χ4v) is 1.82. The molecule has 0 aliphatic heterocycles. The molecular formula is C17H12ClF2NO2. The predicted octanol–water partition coefficient (Wildman–Crippen LogP) is 3.90. The van der Waals surface area contributed by atoms with Gasteiger partial charge in [0.1, 0.15) is 17.4 Å². The largest absolute Gasteiger partial charge is 0.445 e. The summed E-state index contributed by atoms with van der Waals surface area (Å²) in [5.41, 5.74) is 0.813. The SMILES string of the molecule is O=C(NCC#Cc1ccc(F)c(Cl)c1F)OCc1ccccc1. The van der Waals surface area contributed by atoms with Gasteiger partial charge in [-0.3, -0.25) is 0 Å². The minimum Gasteiger partial charge on any atom is -0.445 e. The van der Waals surface area contributed by atoms with Crippen LogP contribution in [0.15, 0.2) is 42.5 Å². The lowest BCUT2D eigenvalue weighted by Gasteiger charge is -2.04. The fourth-order valence-electron chi connectivity index (χ4n) is 1.65. The van der Waals surface area contributed by atoms with Crippen LogP contribution in [0.5, 0.6) is 0 Å². The van der Waals surface area contributed by atoms with Crippen LogP contribution < -0.4 is 5.32 Å². The van der Waals surface area contributed by atoms with Crippen molar-refractivity contribution in [3.63, 3.8) is 0 Å². The van der Waals surface area contributed by atoms with E-state index >= 15 is 0 Å². The van der Waals surface area contributed by atoms with E-state index in [9.17, 15) is 13.6 Å². The Labute approximate surface area is 137 Å². The van der Waals surface area contributed by atoms with Crippen LogP contribution >= 0.6 is 11.6 Å². The number of hydrogen-bond acceptors (Lipinski definition) is 2. The summed E-state index contributed by atoms with van der Waals surface area (Å²) < 4.78 is 31.5. The van der Waals surface area contributed by atoms with Crippen molar-refractivity contribution in [1.29, 1.82) is 0 Å². The molecule has 0 saturated heterocycles. The van der Waals surface area contributed by atoms with Gasteiger partial charge in [-0.05, 0) is 17.7 Å². The van der Waals surface area contributed by atoms with Crippen LogP contribution in [0.2, 0.25) is 5.02 Å². The number of carbonyl (C=O) groups excluding carboxylic acids is 1. The van der Waals surface area contributed by atoms with E-state index in [1.54, 1.807) is 0 Å². The van der Waals surface area contributed by atoms with Crippen molar-refractivity contribution >= 4 is 17.7 Å². The van der Waals surface area contributed by atoms with E-state index < -0.39 is 22.8 Å². The molecule has 6 heteroatoms. The molecule has 0 atom stereocenters. The van der Waals surface area contributed by atoms with E-state index in [4.69, 9.17) is 16.3 Å². The average Bonchev–Trinajstić information content (AvgIpc) is 2.57. The number of hydrogen-bond donors (Lipinski definition) is 1. The van der Waals surface area contributed by atoms with Crippen molar-refractivity contribution in [2.75, 3.05) is 6.54 Å². The zero-order chi connectivity index (χ0) is 16.7. The molecule has 0 aliphatic rings. The van der Waals surface area contributed by atoms with E-state index in [2.05, 4.69) is 17.2 Å². The molecule has 0 fully saturated rings. The van der Waals surface area contributed by atoms with Crippen molar-refractivity contribution in [3.05, 3.63) is 70.2 Å². The number of ether oxygens (including phenoxy) is 1. The summed E-state index contributed by atoms with van der Waals surface area (Å²) in [5.74, 6) is 3.22. The van der Waals surface area contributed by atoms with Crippen LogP contribution in [0.3, 0.4) is 0 Å². The molecule has 0 saturated carbocycles. The molecule has 1 amide bonds. The predicted molar refractivity (Wildman–Crippen MR) is 82.9 cm³/mol. The molecule has 0 spiro atoms. The number of carbonyl (C=O) groups is 1. The van der Waals surface area contributed by atoms with Crippen molar-refractivity contribution < 1.29 is 18.3 Å². The number of halogens is 3. The lowest BCUT2D eigenvalue weighted by molar-refractivity contribution is 0.141. The Bertz CT molecular complexity index is 754. The molecule has 118 valence electrons. The lowest BCUT2D eigenvalue weighted by atomic mass is 10.2. The van der Waals surface area contributed by atoms with Gasteiger partial charge in [-0.15, -0.1) is 0 Å². The van der Waals surface area contributed by atoms with Crippen LogP contribution in [-0.4, -0.2) is 12.6 Å². The monoisotopic (exact) mass is 335 g/mol. The summed E-state index contributed by atoms with van der Waals surface area (Å²) >= 11 is 5.44. The third kappa shape index (κ3) is 4.97. The van der Waals surface area contributed by atoms with Gasteiger partial charge in [-0.2, -0.15) is 0 Å². The van der Waals surface area contributed by atoms with Crippen LogP contribution in [0.25, 0.3) is 0 Å². The van der Waals surface area contributed by atoms with Gasteiger partial charge in [0.15, 0.2) is 5.82 Å². The van der Waals surface area contributed by atoms with Gasteiger partial charge >= 0.3 is 6.09 Å². The van der Waals surface area contributed by atoms with Crippen molar-refractivity contribution in [1.82, 2.24) is 5.32 Å². The first-order chi connectivity index (χ1) is 11.1. The molecule has 23 heavy (non-hydrogen) atoms. The van der Waals surface area contributed by atoms with Crippen molar-refractivity contribution in [3.8, 4) is 11.8 Å². The quantitative estimate of drug-likeness (QED) is 0.682. The van der Waals surface area contributed by atoms with Crippen LogP contribution in [0, 0.1) is 23.5 Å². The molecule has 0 unspecified atom stereocenters. The Morgan fingerprint density at radius 3 is 2.65 bits per heavy atom. The zero-order valence-corrected chi connectivity index (χ0v) is 12.7. The molecule has 0 radical (unpaired) electrons. The summed E-state index contributed by atoms with van der Waals surface area (Å²) in [5, 5.41) is 1.80. The molecule has 3 nitrogen and oxygen atoms in total. The lowest BCUT2D eigenvalue weighted by Crippen LogP contribution is -2.24. The second kappa shape index (κ2) is 8.16. The smallest absolute Gasteiger partial charge is 0.408 e. The number of alkyl carbamates (subject to hydrolysis) is 1. The number of rotatable bonds is 3. The van der Waals surface area contributed by atoms with E-state index in [0.29, 0.717) is 0 Å². The topological polar surface area (TPSA) is 38.3 Å². The molecule has 0 aliphatic carbocycles. The molecule has 0 aromatic heterocycles. The summed E-state index contributed by atoms with van der Waals surface area (Å²) in [6.45, 7) is 0.102. The molecule has 0 heterocycles. The molecular weight excluding hydrogens is 324 g/mol. The second-order valence-corrected chi connectivity index (χ2v) is 4.82. The van der Waals surface area contributed by atoms with Gasteiger partial charge in [0.2, 0.25) is 0 Å². The van der Waals surface area contributed by atoms with Crippen LogP contribution in [0.1, 0.15) is 11.1 Å². The van der Waals surface area contributed by atoms with Gasteiger partial charge in [-0.1, -0.05) is 53.8 Å². The maximum Gasteiger partial charge on any atom is 0.408 e. The standard InChI is InChI=1S/C17H12ClF2NO2/c18-15-14(19)9-8-13(16(15)20)7-4-10-21-17(22)23-11-12-5-2-1-3-6-12/h1-3,5-6,8-9H,10-11H2,(H,21,22). The Hall–Kier alpha value is -2.58. The van der Waals surface area contributed by atoms with E-state index in [1.807, 2.05) is 30.3 Å². The molecule has 2 aromatic rings. The third-order valence-electron chi connectivity index (χ3n) is 2.79. The van der Waals surface area contributed by atoms with E-state index in [0.717, 1.165) is 11.6 Å². The highest BCUT2D eigenvalue weighted by molar-refractivity contribution is 6.31. The second-order valence-electron chi connectivity index (χ2n) is 4.44. The highest BCUT2D eigenvalue weighted by Gasteiger charge is 2.09. The van der Waals surface area contributed by atoms with Crippen LogP contribution in [-0.2, 0) is 11.3 Å². The van der Waals surface area contributed by atoms with Gasteiger partial charge < -0.3 is 10.1 Å². The Morgan fingerprint density at radius 1 is 1.17 bits per heavy atom. The summed E-state index contributed by atoms with van der Waals surface area (Å²) in [7, 11) is 0. The Kier molecular flexibility index (Phi) is 5.95. The molecule has 2 rings (SSSR count). The van der Waals surface area contributed by atoms with Crippen LogP contribution in [0.4, 0.5) is 13.6 Å². The number of amides is 1. The van der Waals surface area contributed by atoms with Crippen molar-refractivity contribution in [2.45, 2.75) is 6.61 Å². The first-order valence-electron chi connectivity index (χ1n) is 6.65. The summed E-state index contributed by atoms with van der Waals surface area (Å²) in [6.07, 6.45) is -0.638. The first kappa shape index (κ1) is 16.8. The highest BCUT2D eigenvalue weighted by atomic mass is 35.5. The maximum atomic E-state index is 13.6. The first-order valence-corrected chi connectivity index (χ1v) is 7.02. The minimum atomic E-state index is -0.925. The average molecular weight is 336 g/mol. The Morgan fingerprint density at radius 2 is 1.91 bits per heavy atom. The van der Waals surface area contributed by atoms with Gasteiger partial charge in [0.25, 0.3) is 0 Å². The van der Waals surface area contributed by atoms with Gasteiger partial charge in [-0.25, -0.2) is 13.6 Å². The van der Waals surface area contributed by atoms with Gasteiger partial charge in [0.05, 0.1) is 12.1 Å². The highest BCUT2D eigenvalue weighted by Crippen LogP contribution is 2.21. The zero-order valence-electron chi connectivity index (χ0n) is 11.9. The van der Waals surface area contributed by atoms with Gasteiger partial charge in [0, 0.05) is 0 Å². The van der Waals surface area contributed by atoms with E-state index in [-0.39, 0.29) is 18.7 Å². The van der Waals surface area contributed by atoms with E-state index in [1.165, 1.54) is 6.07 Å². The molecule has 0 bridgehead atoms. The maximum absolute atomic E-state index is 13.6. The summed E-state index contributed by atoms with van der Waals surface area (Å²) in [6, 6.07) is 11.4. The van der Waals surface area contributed by atoms with Crippen molar-refractivity contribution in [2.24, 2.45) is 0 Å². The fraction of sp³-hybridized carbons (Fsp3) is 0.118. The molecule has 1 N–H and O–H groups in total. The number of benzene rings is 2.